The minimum absolute atomic E-state index is 0.0691. The lowest BCUT2D eigenvalue weighted by molar-refractivity contribution is 0.0790. The van der Waals surface area contributed by atoms with Crippen LogP contribution >= 0.6 is 0 Å². The molecule has 6 heteroatoms. The third-order valence-corrected chi connectivity index (χ3v) is 4.40. The summed E-state index contributed by atoms with van der Waals surface area (Å²) in [7, 11) is 3.75. The summed E-state index contributed by atoms with van der Waals surface area (Å²) in [6.45, 7) is 5.36. The highest BCUT2D eigenvalue weighted by Gasteiger charge is 2.30. The number of aromatic nitrogens is 3. The van der Waals surface area contributed by atoms with Gasteiger partial charge in [0.15, 0.2) is 0 Å². The molecule has 2 aromatic rings. The van der Waals surface area contributed by atoms with Crippen molar-refractivity contribution in [1.29, 1.82) is 0 Å². The molecule has 1 fully saturated rings. The van der Waals surface area contributed by atoms with Crippen molar-refractivity contribution in [3.63, 3.8) is 0 Å². The number of rotatable bonds is 3. The smallest absolute Gasteiger partial charge is 0.257 e. The number of pyridine rings is 1. The SMILES string of the molecule is CNc1cc(C)nc([C@H]2CCN(C(=O)c3cn(C)nc3C)C2)c1. The van der Waals surface area contributed by atoms with Crippen LogP contribution in [0.4, 0.5) is 5.69 Å². The summed E-state index contributed by atoms with van der Waals surface area (Å²) in [6, 6.07) is 4.11. The van der Waals surface area contributed by atoms with E-state index in [9.17, 15) is 4.79 Å². The van der Waals surface area contributed by atoms with Crippen LogP contribution in [0, 0.1) is 13.8 Å². The molecule has 0 aromatic carbocycles. The van der Waals surface area contributed by atoms with Gasteiger partial charge in [-0.2, -0.15) is 5.10 Å². The Labute approximate surface area is 136 Å². The number of nitrogens with one attached hydrogen (secondary N) is 1. The molecule has 0 unspecified atom stereocenters. The molecule has 1 amide bonds. The molecule has 1 saturated heterocycles. The number of likely N-dealkylation sites (tertiary alicyclic amines) is 1. The van der Waals surface area contributed by atoms with E-state index in [0.29, 0.717) is 18.0 Å². The summed E-state index contributed by atoms with van der Waals surface area (Å²) < 4.78 is 1.69. The summed E-state index contributed by atoms with van der Waals surface area (Å²) in [5, 5.41) is 7.43. The normalized spacial score (nSPS) is 17.6. The Bertz CT molecular complexity index is 737. The van der Waals surface area contributed by atoms with Gasteiger partial charge in [0.1, 0.15) is 0 Å². The quantitative estimate of drug-likeness (QED) is 0.942. The van der Waals surface area contributed by atoms with Crippen LogP contribution in [0.15, 0.2) is 18.3 Å². The van der Waals surface area contributed by atoms with Crippen LogP contribution in [-0.2, 0) is 7.05 Å². The molecule has 0 spiro atoms. The molecule has 1 aliphatic rings. The van der Waals surface area contributed by atoms with Gasteiger partial charge in [-0.25, -0.2) is 0 Å². The monoisotopic (exact) mass is 313 g/mol. The van der Waals surface area contributed by atoms with Crippen LogP contribution in [0.2, 0.25) is 0 Å². The molecule has 1 aliphatic heterocycles. The minimum atomic E-state index is 0.0691. The Morgan fingerprint density at radius 1 is 1.35 bits per heavy atom. The number of carbonyl (C=O) groups excluding carboxylic acids is 1. The second-order valence-corrected chi connectivity index (χ2v) is 6.21. The van der Waals surface area contributed by atoms with Crippen molar-refractivity contribution < 1.29 is 4.79 Å². The van der Waals surface area contributed by atoms with Gasteiger partial charge in [0.25, 0.3) is 5.91 Å². The third kappa shape index (κ3) is 3.06. The van der Waals surface area contributed by atoms with E-state index in [0.717, 1.165) is 35.7 Å². The average Bonchev–Trinajstić information content (AvgIpc) is 3.12. The van der Waals surface area contributed by atoms with Gasteiger partial charge in [-0.15, -0.1) is 0 Å². The molecular weight excluding hydrogens is 290 g/mol. The summed E-state index contributed by atoms with van der Waals surface area (Å²) in [5.41, 5.74) is 4.61. The Hall–Kier alpha value is -2.37. The predicted molar refractivity (Wildman–Crippen MR) is 89.7 cm³/mol. The molecule has 122 valence electrons. The Morgan fingerprint density at radius 2 is 2.13 bits per heavy atom. The van der Waals surface area contributed by atoms with E-state index >= 15 is 0 Å². The fourth-order valence-corrected chi connectivity index (χ4v) is 3.21. The predicted octanol–water partition coefficient (Wildman–Crippen LogP) is 2.10. The number of aryl methyl sites for hydroxylation is 3. The topological polar surface area (TPSA) is 63.1 Å². The van der Waals surface area contributed by atoms with Gasteiger partial charge >= 0.3 is 0 Å². The maximum atomic E-state index is 12.7. The molecule has 3 heterocycles. The molecule has 2 aromatic heterocycles. The zero-order chi connectivity index (χ0) is 16.6. The first-order valence-electron chi connectivity index (χ1n) is 7.93. The Morgan fingerprint density at radius 3 is 2.78 bits per heavy atom. The van der Waals surface area contributed by atoms with Crippen LogP contribution in [-0.4, -0.2) is 45.7 Å². The lowest BCUT2D eigenvalue weighted by atomic mass is 10.0. The highest BCUT2D eigenvalue weighted by atomic mass is 16.2. The molecule has 6 nitrogen and oxygen atoms in total. The molecule has 0 saturated carbocycles. The fourth-order valence-electron chi connectivity index (χ4n) is 3.21. The van der Waals surface area contributed by atoms with Crippen molar-refractivity contribution in [3.8, 4) is 0 Å². The summed E-state index contributed by atoms with van der Waals surface area (Å²) in [5.74, 6) is 0.363. The molecule has 0 radical (unpaired) electrons. The number of hydrogen-bond acceptors (Lipinski definition) is 4. The first-order valence-corrected chi connectivity index (χ1v) is 7.93. The summed E-state index contributed by atoms with van der Waals surface area (Å²) in [4.78, 5) is 19.3. The van der Waals surface area contributed by atoms with E-state index in [1.807, 2.05) is 38.9 Å². The van der Waals surface area contributed by atoms with Crippen LogP contribution in [0.25, 0.3) is 0 Å². The van der Waals surface area contributed by atoms with Gasteiger partial charge in [-0.1, -0.05) is 0 Å². The first kappa shape index (κ1) is 15.5. The fraction of sp³-hybridized carbons (Fsp3) is 0.471. The summed E-state index contributed by atoms with van der Waals surface area (Å²) >= 11 is 0. The summed E-state index contributed by atoms with van der Waals surface area (Å²) in [6.07, 6.45) is 2.75. The van der Waals surface area contributed by atoms with E-state index in [4.69, 9.17) is 0 Å². The van der Waals surface area contributed by atoms with Gasteiger partial charge in [0, 0.05) is 56.4 Å². The molecular formula is C17H23N5O. The van der Waals surface area contributed by atoms with Crippen molar-refractivity contribution in [2.75, 3.05) is 25.5 Å². The number of nitrogens with zero attached hydrogens (tertiary/aromatic N) is 4. The number of amides is 1. The van der Waals surface area contributed by atoms with Crippen LogP contribution in [0.1, 0.15) is 39.8 Å². The Balaban J connectivity index is 1.77. The number of hydrogen-bond donors (Lipinski definition) is 1. The number of carbonyl (C=O) groups is 1. The lowest BCUT2D eigenvalue weighted by Gasteiger charge is -2.16. The highest BCUT2D eigenvalue weighted by molar-refractivity contribution is 5.95. The molecule has 1 N–H and O–H groups in total. The van der Waals surface area contributed by atoms with Crippen LogP contribution in [0.5, 0.6) is 0 Å². The Kier molecular flexibility index (Phi) is 4.07. The molecule has 0 aliphatic carbocycles. The first-order chi connectivity index (χ1) is 11.0. The molecule has 23 heavy (non-hydrogen) atoms. The minimum Gasteiger partial charge on any atom is -0.388 e. The van der Waals surface area contributed by atoms with Crippen molar-refractivity contribution >= 4 is 11.6 Å². The van der Waals surface area contributed by atoms with Crippen molar-refractivity contribution in [3.05, 3.63) is 41.0 Å². The molecule has 0 bridgehead atoms. The zero-order valence-electron chi connectivity index (χ0n) is 14.1. The lowest BCUT2D eigenvalue weighted by Crippen LogP contribution is -2.28. The van der Waals surface area contributed by atoms with Gasteiger partial charge < -0.3 is 10.2 Å². The van der Waals surface area contributed by atoms with Crippen LogP contribution < -0.4 is 5.32 Å². The maximum absolute atomic E-state index is 12.7. The van der Waals surface area contributed by atoms with Gasteiger partial charge in [0.05, 0.1) is 11.3 Å². The molecule has 1 atom stereocenters. The second kappa shape index (κ2) is 6.02. The van der Waals surface area contributed by atoms with E-state index in [2.05, 4.69) is 21.5 Å². The van der Waals surface area contributed by atoms with Gasteiger partial charge in [0.2, 0.25) is 0 Å². The van der Waals surface area contributed by atoms with E-state index in [1.165, 1.54) is 0 Å². The van der Waals surface area contributed by atoms with E-state index < -0.39 is 0 Å². The van der Waals surface area contributed by atoms with E-state index in [-0.39, 0.29) is 5.91 Å². The average molecular weight is 313 g/mol. The van der Waals surface area contributed by atoms with Gasteiger partial charge in [-0.3, -0.25) is 14.5 Å². The van der Waals surface area contributed by atoms with Crippen molar-refractivity contribution in [2.24, 2.45) is 7.05 Å². The van der Waals surface area contributed by atoms with Crippen molar-refractivity contribution in [1.82, 2.24) is 19.7 Å². The number of anilines is 1. The largest absolute Gasteiger partial charge is 0.388 e. The van der Waals surface area contributed by atoms with Crippen LogP contribution in [0.3, 0.4) is 0 Å². The van der Waals surface area contributed by atoms with Crippen molar-refractivity contribution in [2.45, 2.75) is 26.2 Å². The zero-order valence-corrected chi connectivity index (χ0v) is 14.1. The molecule has 3 rings (SSSR count). The second-order valence-electron chi connectivity index (χ2n) is 6.21. The third-order valence-electron chi connectivity index (χ3n) is 4.40. The standard InChI is InChI=1S/C17H23N5O/c1-11-7-14(18-3)8-16(19-11)13-5-6-22(9-13)17(23)15-10-21(4)20-12(15)2/h7-8,10,13H,5-6,9H2,1-4H3,(H,18,19)/t13-/m0/s1. The highest BCUT2D eigenvalue weighted by Crippen LogP contribution is 2.29. The van der Waals surface area contributed by atoms with E-state index in [1.54, 1.807) is 10.9 Å². The van der Waals surface area contributed by atoms with Gasteiger partial charge in [-0.05, 0) is 32.4 Å². The maximum Gasteiger partial charge on any atom is 0.257 e.